The van der Waals surface area contributed by atoms with Crippen LogP contribution >= 0.6 is 11.5 Å². The number of benzene rings is 1. The molecule has 0 bridgehead atoms. The van der Waals surface area contributed by atoms with Gasteiger partial charge in [-0.1, -0.05) is 36.5 Å². The summed E-state index contributed by atoms with van der Waals surface area (Å²) in [6.07, 6.45) is 1.05. The van der Waals surface area contributed by atoms with E-state index in [2.05, 4.69) is 28.4 Å². The van der Waals surface area contributed by atoms with E-state index in [0.29, 0.717) is 0 Å². The molecule has 1 unspecified atom stereocenters. The largest absolute Gasteiger partial charge is 0.383 e. The minimum Gasteiger partial charge on any atom is -0.383 e. The van der Waals surface area contributed by atoms with E-state index >= 15 is 0 Å². The molecule has 0 spiro atoms. The van der Waals surface area contributed by atoms with E-state index in [1.807, 2.05) is 30.3 Å². The topological polar surface area (TPSA) is 58.9 Å². The number of nitrogens with zero attached hydrogens (tertiary/aromatic N) is 3. The second kappa shape index (κ2) is 5.26. The summed E-state index contributed by atoms with van der Waals surface area (Å²) in [6, 6.07) is 9.65. The molecule has 1 aromatic carbocycles. The molecule has 5 heteroatoms. The fourth-order valence-corrected chi connectivity index (χ4v) is 3.11. The van der Waals surface area contributed by atoms with Gasteiger partial charge in [-0.2, -0.15) is 0 Å². The summed E-state index contributed by atoms with van der Waals surface area (Å²) in [7, 11) is 0. The molecule has 3 aromatic rings. The van der Waals surface area contributed by atoms with Crippen LogP contribution in [0.15, 0.2) is 36.5 Å². The second-order valence-corrected chi connectivity index (χ2v) is 5.78. The van der Waals surface area contributed by atoms with E-state index in [1.54, 1.807) is 6.20 Å². The molecule has 4 nitrogen and oxygen atoms in total. The minimum atomic E-state index is -0.708. The first kappa shape index (κ1) is 13.1. The zero-order chi connectivity index (χ0) is 14.1. The van der Waals surface area contributed by atoms with Crippen molar-refractivity contribution in [1.82, 2.24) is 14.6 Å². The zero-order valence-electron chi connectivity index (χ0n) is 11.3. The predicted molar refractivity (Wildman–Crippen MR) is 79.8 cm³/mol. The van der Waals surface area contributed by atoms with Crippen LogP contribution < -0.4 is 0 Å². The molecule has 102 valence electrons. The highest BCUT2D eigenvalue weighted by Crippen LogP contribution is 2.33. The molecule has 0 saturated heterocycles. The first-order chi connectivity index (χ1) is 9.68. The van der Waals surface area contributed by atoms with Crippen molar-refractivity contribution in [3.05, 3.63) is 52.7 Å². The second-order valence-electron chi connectivity index (χ2n) is 5.00. The highest BCUT2D eigenvalue weighted by atomic mass is 32.1. The van der Waals surface area contributed by atoms with Crippen molar-refractivity contribution in [2.24, 2.45) is 0 Å². The van der Waals surface area contributed by atoms with Gasteiger partial charge >= 0.3 is 0 Å². The molecule has 0 aliphatic heterocycles. The van der Waals surface area contributed by atoms with Crippen LogP contribution in [0.4, 0.5) is 0 Å². The van der Waals surface area contributed by atoms with Crippen LogP contribution in [0, 0.1) is 0 Å². The average Bonchev–Trinajstić information content (AvgIpc) is 2.95. The van der Waals surface area contributed by atoms with Gasteiger partial charge in [0.25, 0.3) is 0 Å². The Morgan fingerprint density at radius 2 is 2.00 bits per heavy atom. The Labute approximate surface area is 121 Å². The molecule has 2 aromatic heterocycles. The van der Waals surface area contributed by atoms with Crippen molar-refractivity contribution in [3.63, 3.8) is 0 Å². The van der Waals surface area contributed by atoms with Gasteiger partial charge in [0.05, 0.1) is 16.1 Å². The standard InChI is InChI=1S/C15H15N3OS/c1-9(2)13-15(20-18-17-13)14(19)11-5-3-7-12-10(11)6-4-8-16-12/h3-9,14,19H,1-2H3. The summed E-state index contributed by atoms with van der Waals surface area (Å²) in [5.74, 6) is 0.242. The van der Waals surface area contributed by atoms with Gasteiger partial charge in [0, 0.05) is 11.6 Å². The summed E-state index contributed by atoms with van der Waals surface area (Å²) < 4.78 is 3.99. The Hall–Kier alpha value is -1.85. The lowest BCUT2D eigenvalue weighted by atomic mass is 9.99. The third-order valence-corrected chi connectivity index (χ3v) is 4.10. The third kappa shape index (κ3) is 2.19. The lowest BCUT2D eigenvalue weighted by Gasteiger charge is -2.13. The Morgan fingerprint density at radius 3 is 2.80 bits per heavy atom. The lowest BCUT2D eigenvalue weighted by Crippen LogP contribution is -2.03. The smallest absolute Gasteiger partial charge is 0.117 e. The number of aliphatic hydroxyl groups is 1. The Morgan fingerprint density at radius 1 is 1.15 bits per heavy atom. The Kier molecular flexibility index (Phi) is 3.46. The molecule has 0 aliphatic carbocycles. The molecular weight excluding hydrogens is 270 g/mol. The van der Waals surface area contributed by atoms with Crippen molar-refractivity contribution in [2.75, 3.05) is 0 Å². The van der Waals surface area contributed by atoms with Crippen LogP contribution in [0.2, 0.25) is 0 Å². The van der Waals surface area contributed by atoms with Gasteiger partial charge in [-0.25, -0.2) is 0 Å². The Balaban J connectivity index is 2.13. The number of pyridine rings is 1. The normalized spacial score (nSPS) is 13.0. The molecule has 0 saturated carbocycles. The van der Waals surface area contributed by atoms with E-state index in [4.69, 9.17) is 0 Å². The molecule has 0 radical (unpaired) electrons. The number of rotatable bonds is 3. The molecule has 0 amide bonds. The van der Waals surface area contributed by atoms with E-state index < -0.39 is 6.10 Å². The maximum absolute atomic E-state index is 10.7. The summed E-state index contributed by atoms with van der Waals surface area (Å²) in [6.45, 7) is 4.11. The molecule has 3 rings (SSSR count). The fourth-order valence-electron chi connectivity index (χ4n) is 2.30. The van der Waals surface area contributed by atoms with Crippen LogP contribution in [0.1, 0.15) is 42.0 Å². The van der Waals surface area contributed by atoms with Crippen molar-refractivity contribution < 1.29 is 5.11 Å². The SMILES string of the molecule is CC(C)c1nnsc1C(O)c1cccc2ncccc12. The maximum Gasteiger partial charge on any atom is 0.117 e. The average molecular weight is 285 g/mol. The van der Waals surface area contributed by atoms with Gasteiger partial charge in [0.2, 0.25) is 0 Å². The van der Waals surface area contributed by atoms with Gasteiger partial charge in [-0.05, 0) is 35.1 Å². The summed E-state index contributed by atoms with van der Waals surface area (Å²) in [5, 5.41) is 15.8. The van der Waals surface area contributed by atoms with E-state index in [1.165, 1.54) is 11.5 Å². The van der Waals surface area contributed by atoms with E-state index in [9.17, 15) is 5.11 Å². The lowest BCUT2D eigenvalue weighted by molar-refractivity contribution is 0.224. The van der Waals surface area contributed by atoms with Gasteiger partial charge < -0.3 is 5.11 Å². The van der Waals surface area contributed by atoms with E-state index in [-0.39, 0.29) is 5.92 Å². The number of hydrogen-bond donors (Lipinski definition) is 1. The molecule has 20 heavy (non-hydrogen) atoms. The van der Waals surface area contributed by atoms with Crippen LogP contribution in [0.3, 0.4) is 0 Å². The van der Waals surface area contributed by atoms with Gasteiger partial charge in [0.15, 0.2) is 0 Å². The first-order valence-electron chi connectivity index (χ1n) is 6.52. The van der Waals surface area contributed by atoms with Gasteiger partial charge in [-0.3, -0.25) is 4.98 Å². The minimum absolute atomic E-state index is 0.242. The van der Waals surface area contributed by atoms with Gasteiger partial charge in [0.1, 0.15) is 6.10 Å². The highest BCUT2D eigenvalue weighted by Gasteiger charge is 2.22. The molecular formula is C15H15N3OS. The molecule has 1 atom stereocenters. The Bertz CT molecular complexity index is 733. The van der Waals surface area contributed by atoms with Crippen molar-refractivity contribution in [1.29, 1.82) is 0 Å². The summed E-state index contributed by atoms with van der Waals surface area (Å²) >= 11 is 1.26. The number of aromatic nitrogens is 3. The van der Waals surface area contributed by atoms with Crippen LogP contribution in [-0.4, -0.2) is 19.7 Å². The third-order valence-electron chi connectivity index (χ3n) is 3.31. The fraction of sp³-hybridized carbons (Fsp3) is 0.267. The number of hydrogen-bond acceptors (Lipinski definition) is 5. The quantitative estimate of drug-likeness (QED) is 0.802. The van der Waals surface area contributed by atoms with Crippen LogP contribution in [0.5, 0.6) is 0 Å². The van der Waals surface area contributed by atoms with Crippen molar-refractivity contribution in [2.45, 2.75) is 25.9 Å². The molecule has 2 heterocycles. The zero-order valence-corrected chi connectivity index (χ0v) is 12.1. The maximum atomic E-state index is 10.7. The van der Waals surface area contributed by atoms with Crippen LogP contribution in [0.25, 0.3) is 10.9 Å². The van der Waals surface area contributed by atoms with Gasteiger partial charge in [-0.15, -0.1) is 5.10 Å². The van der Waals surface area contributed by atoms with Crippen molar-refractivity contribution >= 4 is 22.4 Å². The van der Waals surface area contributed by atoms with Crippen molar-refractivity contribution in [3.8, 4) is 0 Å². The summed E-state index contributed by atoms with van der Waals surface area (Å²) in [4.78, 5) is 5.14. The highest BCUT2D eigenvalue weighted by molar-refractivity contribution is 7.05. The molecule has 0 aliphatic rings. The molecule has 0 fully saturated rings. The molecule has 1 N–H and O–H groups in total. The number of aliphatic hydroxyl groups excluding tert-OH is 1. The number of fused-ring (bicyclic) bond motifs is 1. The summed E-state index contributed by atoms with van der Waals surface area (Å²) in [5.41, 5.74) is 2.60. The monoisotopic (exact) mass is 285 g/mol. The predicted octanol–water partition coefficient (Wildman–Crippen LogP) is 3.29. The van der Waals surface area contributed by atoms with Crippen LogP contribution in [-0.2, 0) is 0 Å². The first-order valence-corrected chi connectivity index (χ1v) is 7.29. The van der Waals surface area contributed by atoms with E-state index in [0.717, 1.165) is 27.0 Å².